The summed E-state index contributed by atoms with van der Waals surface area (Å²) in [6, 6.07) is 0.0589. The summed E-state index contributed by atoms with van der Waals surface area (Å²) >= 11 is 0. The van der Waals surface area contributed by atoms with Crippen LogP contribution in [-0.2, 0) is 4.79 Å². The van der Waals surface area contributed by atoms with Gasteiger partial charge in [0.2, 0.25) is 5.91 Å². The second kappa shape index (κ2) is 5.67. The molecule has 2 atom stereocenters. The van der Waals surface area contributed by atoms with Crippen molar-refractivity contribution in [3.05, 3.63) is 0 Å². The fourth-order valence-electron chi connectivity index (χ4n) is 2.93. The van der Waals surface area contributed by atoms with Crippen molar-refractivity contribution < 1.29 is 4.79 Å². The Balaban J connectivity index is 1.70. The standard InChI is InChI=1S/C13H24N2O/c1-10-7-8-14-12(10)13(16)15-9-11-5-3-2-4-6-11/h10-12,14H,2-9H2,1H3,(H,15,16). The van der Waals surface area contributed by atoms with Gasteiger partial charge in [-0.3, -0.25) is 4.79 Å². The highest BCUT2D eigenvalue weighted by Gasteiger charge is 2.29. The van der Waals surface area contributed by atoms with Gasteiger partial charge in [0.05, 0.1) is 6.04 Å². The average molecular weight is 224 g/mol. The summed E-state index contributed by atoms with van der Waals surface area (Å²) in [6.07, 6.45) is 7.80. The van der Waals surface area contributed by atoms with Crippen LogP contribution in [0.5, 0.6) is 0 Å². The van der Waals surface area contributed by atoms with E-state index in [0.29, 0.717) is 5.92 Å². The van der Waals surface area contributed by atoms with E-state index in [-0.39, 0.29) is 11.9 Å². The summed E-state index contributed by atoms with van der Waals surface area (Å²) in [5.74, 6) is 1.44. The molecule has 0 aromatic rings. The zero-order valence-corrected chi connectivity index (χ0v) is 10.3. The van der Waals surface area contributed by atoms with Crippen LogP contribution in [0.2, 0.25) is 0 Å². The molecule has 92 valence electrons. The molecular formula is C13H24N2O. The van der Waals surface area contributed by atoms with Gasteiger partial charge >= 0.3 is 0 Å². The third-order valence-electron chi connectivity index (χ3n) is 4.11. The zero-order valence-electron chi connectivity index (χ0n) is 10.3. The predicted octanol–water partition coefficient (Wildman–Crippen LogP) is 1.68. The SMILES string of the molecule is CC1CCNC1C(=O)NCC1CCCCC1. The molecule has 16 heavy (non-hydrogen) atoms. The lowest BCUT2D eigenvalue weighted by Crippen LogP contribution is -2.44. The van der Waals surface area contributed by atoms with Crippen LogP contribution in [0.15, 0.2) is 0 Å². The van der Waals surface area contributed by atoms with Gasteiger partial charge in [-0.1, -0.05) is 26.2 Å². The lowest BCUT2D eigenvalue weighted by Gasteiger charge is -2.23. The van der Waals surface area contributed by atoms with Crippen molar-refractivity contribution in [2.24, 2.45) is 11.8 Å². The quantitative estimate of drug-likeness (QED) is 0.766. The number of nitrogens with one attached hydrogen (secondary N) is 2. The number of hydrogen-bond donors (Lipinski definition) is 2. The van der Waals surface area contributed by atoms with Crippen molar-refractivity contribution in [2.45, 2.75) is 51.5 Å². The monoisotopic (exact) mass is 224 g/mol. The van der Waals surface area contributed by atoms with Crippen LogP contribution in [0.1, 0.15) is 45.4 Å². The van der Waals surface area contributed by atoms with Crippen LogP contribution >= 0.6 is 0 Å². The average Bonchev–Trinajstić information content (AvgIpc) is 2.74. The second-order valence-electron chi connectivity index (χ2n) is 5.45. The highest BCUT2D eigenvalue weighted by molar-refractivity contribution is 5.82. The molecule has 1 amide bonds. The van der Waals surface area contributed by atoms with E-state index in [0.717, 1.165) is 25.4 Å². The van der Waals surface area contributed by atoms with Gasteiger partial charge < -0.3 is 10.6 Å². The zero-order chi connectivity index (χ0) is 11.4. The third-order valence-corrected chi connectivity index (χ3v) is 4.11. The largest absolute Gasteiger partial charge is 0.354 e. The smallest absolute Gasteiger partial charge is 0.237 e. The first-order chi connectivity index (χ1) is 7.77. The molecule has 2 aliphatic rings. The molecule has 2 fully saturated rings. The van der Waals surface area contributed by atoms with E-state index in [1.807, 2.05) is 0 Å². The van der Waals surface area contributed by atoms with Gasteiger partial charge in [-0.15, -0.1) is 0 Å². The molecule has 1 heterocycles. The van der Waals surface area contributed by atoms with E-state index in [1.165, 1.54) is 32.1 Å². The van der Waals surface area contributed by atoms with Crippen LogP contribution in [0.25, 0.3) is 0 Å². The Morgan fingerprint density at radius 1 is 1.25 bits per heavy atom. The van der Waals surface area contributed by atoms with Gasteiger partial charge in [-0.25, -0.2) is 0 Å². The summed E-state index contributed by atoms with van der Waals surface area (Å²) in [7, 11) is 0. The molecule has 0 aromatic carbocycles. The first kappa shape index (κ1) is 11.9. The van der Waals surface area contributed by atoms with Gasteiger partial charge in [-0.05, 0) is 37.6 Å². The third kappa shape index (κ3) is 2.97. The Labute approximate surface area is 98.4 Å². The van der Waals surface area contributed by atoms with E-state index in [4.69, 9.17) is 0 Å². The van der Waals surface area contributed by atoms with Crippen LogP contribution < -0.4 is 10.6 Å². The molecule has 1 aliphatic carbocycles. The molecule has 0 spiro atoms. The molecule has 2 unspecified atom stereocenters. The Kier molecular flexibility index (Phi) is 4.22. The molecule has 1 saturated carbocycles. The maximum absolute atomic E-state index is 11.9. The van der Waals surface area contributed by atoms with Crippen LogP contribution in [-0.4, -0.2) is 25.0 Å². The van der Waals surface area contributed by atoms with E-state index < -0.39 is 0 Å². The highest BCUT2D eigenvalue weighted by atomic mass is 16.2. The van der Waals surface area contributed by atoms with Gasteiger partial charge in [0.15, 0.2) is 0 Å². The van der Waals surface area contributed by atoms with Crippen molar-refractivity contribution in [1.82, 2.24) is 10.6 Å². The van der Waals surface area contributed by atoms with Crippen molar-refractivity contribution in [2.75, 3.05) is 13.1 Å². The minimum atomic E-state index is 0.0589. The second-order valence-corrected chi connectivity index (χ2v) is 5.45. The molecule has 1 aliphatic heterocycles. The van der Waals surface area contributed by atoms with E-state index in [2.05, 4.69) is 17.6 Å². The lowest BCUT2D eigenvalue weighted by atomic mass is 9.89. The topological polar surface area (TPSA) is 41.1 Å². The van der Waals surface area contributed by atoms with E-state index >= 15 is 0 Å². The van der Waals surface area contributed by atoms with Crippen molar-refractivity contribution >= 4 is 5.91 Å². The van der Waals surface area contributed by atoms with Gasteiger partial charge in [0.25, 0.3) is 0 Å². The Hall–Kier alpha value is -0.570. The first-order valence-corrected chi connectivity index (χ1v) is 6.78. The van der Waals surface area contributed by atoms with Gasteiger partial charge in [0.1, 0.15) is 0 Å². The number of hydrogen-bond acceptors (Lipinski definition) is 2. The van der Waals surface area contributed by atoms with E-state index in [9.17, 15) is 4.79 Å². The predicted molar refractivity (Wildman–Crippen MR) is 65.2 cm³/mol. The first-order valence-electron chi connectivity index (χ1n) is 6.78. The maximum atomic E-state index is 11.9. The number of carbonyl (C=O) groups is 1. The van der Waals surface area contributed by atoms with Crippen molar-refractivity contribution in [1.29, 1.82) is 0 Å². The van der Waals surface area contributed by atoms with Gasteiger partial charge in [-0.2, -0.15) is 0 Å². The fraction of sp³-hybridized carbons (Fsp3) is 0.923. The lowest BCUT2D eigenvalue weighted by molar-refractivity contribution is -0.123. The molecule has 3 heteroatoms. The number of carbonyl (C=O) groups excluding carboxylic acids is 1. The maximum Gasteiger partial charge on any atom is 0.237 e. The van der Waals surface area contributed by atoms with E-state index in [1.54, 1.807) is 0 Å². The summed E-state index contributed by atoms with van der Waals surface area (Å²) in [5.41, 5.74) is 0. The minimum absolute atomic E-state index is 0.0589. The van der Waals surface area contributed by atoms with Crippen LogP contribution in [0.3, 0.4) is 0 Å². The fourth-order valence-corrected chi connectivity index (χ4v) is 2.93. The van der Waals surface area contributed by atoms with Crippen molar-refractivity contribution in [3.63, 3.8) is 0 Å². The molecule has 0 aromatic heterocycles. The summed E-state index contributed by atoms with van der Waals surface area (Å²) in [5, 5.41) is 6.41. The number of rotatable bonds is 3. The van der Waals surface area contributed by atoms with Crippen molar-refractivity contribution in [3.8, 4) is 0 Å². The summed E-state index contributed by atoms with van der Waals surface area (Å²) in [6.45, 7) is 4.04. The summed E-state index contributed by atoms with van der Waals surface area (Å²) in [4.78, 5) is 11.9. The molecule has 2 rings (SSSR count). The molecule has 0 radical (unpaired) electrons. The highest BCUT2D eigenvalue weighted by Crippen LogP contribution is 2.23. The number of amides is 1. The molecule has 2 N–H and O–H groups in total. The summed E-state index contributed by atoms with van der Waals surface area (Å²) < 4.78 is 0. The molecule has 3 nitrogen and oxygen atoms in total. The molecule has 1 saturated heterocycles. The normalized spacial score (nSPS) is 31.6. The minimum Gasteiger partial charge on any atom is -0.354 e. The van der Waals surface area contributed by atoms with Crippen LogP contribution in [0.4, 0.5) is 0 Å². The molecular weight excluding hydrogens is 200 g/mol. The Morgan fingerprint density at radius 2 is 2.00 bits per heavy atom. The Bertz CT molecular complexity index is 236. The van der Waals surface area contributed by atoms with Crippen LogP contribution in [0, 0.1) is 11.8 Å². The molecule has 0 bridgehead atoms. The van der Waals surface area contributed by atoms with Gasteiger partial charge in [0, 0.05) is 6.54 Å². The Morgan fingerprint density at radius 3 is 2.62 bits per heavy atom.